The van der Waals surface area contributed by atoms with Crippen molar-refractivity contribution < 1.29 is 52.0 Å². The minimum absolute atomic E-state index is 0.0891. The zero-order chi connectivity index (χ0) is 55.0. The van der Waals surface area contributed by atoms with Crippen molar-refractivity contribution in [2.24, 2.45) is 0 Å². The molecule has 0 aliphatic carbocycles. The van der Waals surface area contributed by atoms with Crippen molar-refractivity contribution >= 4 is 71.2 Å². The Labute approximate surface area is 447 Å². The summed E-state index contributed by atoms with van der Waals surface area (Å²) in [7, 11) is -2.88. The van der Waals surface area contributed by atoms with Crippen LogP contribution in [0.25, 0.3) is 22.3 Å². The number of hydrogen-bond donors (Lipinski definition) is 1. The van der Waals surface area contributed by atoms with E-state index in [-0.39, 0.29) is 59.5 Å². The van der Waals surface area contributed by atoms with Gasteiger partial charge in [0.25, 0.3) is 19.5 Å². The van der Waals surface area contributed by atoms with E-state index in [1.807, 2.05) is 50.2 Å². The minimum atomic E-state index is -2.88. The molecule has 1 N–H and O–H groups in total. The van der Waals surface area contributed by atoms with E-state index >= 15 is 0 Å². The summed E-state index contributed by atoms with van der Waals surface area (Å²) in [6.45, 7) is 15.2. The lowest BCUT2D eigenvalue weighted by atomic mass is 9.90. The lowest BCUT2D eigenvalue weighted by molar-refractivity contribution is -0.200. The molecule has 0 radical (unpaired) electrons. The topological polar surface area (TPSA) is 211 Å². The van der Waals surface area contributed by atoms with Crippen LogP contribution < -0.4 is 21.2 Å². The Morgan fingerprint density at radius 1 is 0.882 bits per heavy atom. The van der Waals surface area contributed by atoms with Crippen LogP contribution >= 0.6 is 11.6 Å². The molecule has 76 heavy (non-hydrogen) atoms. The summed E-state index contributed by atoms with van der Waals surface area (Å²) in [5, 5.41) is 5.01. The Morgan fingerprint density at radius 3 is 2.04 bits per heavy atom. The van der Waals surface area contributed by atoms with E-state index in [9.17, 15) is 24.0 Å². The molecule has 1 saturated heterocycles. The predicted molar refractivity (Wildman–Crippen MR) is 287 cm³/mol. The van der Waals surface area contributed by atoms with Crippen LogP contribution in [-0.2, 0) is 65.0 Å². The van der Waals surface area contributed by atoms with Gasteiger partial charge in [0.05, 0.1) is 32.8 Å². The van der Waals surface area contributed by atoms with Gasteiger partial charge in [-0.3, -0.25) is 19.0 Å². The summed E-state index contributed by atoms with van der Waals surface area (Å²) in [4.78, 5) is 81.8. The van der Waals surface area contributed by atoms with Gasteiger partial charge in [0.2, 0.25) is 17.0 Å². The Kier molecular flexibility index (Phi) is 17.7. The van der Waals surface area contributed by atoms with Gasteiger partial charge in [0, 0.05) is 44.6 Å². The maximum atomic E-state index is 14.3. The molecule has 400 valence electrons. The number of aromatic nitrogens is 5. The molecule has 18 nitrogen and oxygen atoms in total. The monoisotopic (exact) mass is 1070 g/mol. The molecule has 0 saturated carbocycles. The third kappa shape index (κ3) is 11.5. The average Bonchev–Trinajstić information content (AvgIpc) is 3.96. The molecule has 0 bridgehead atoms. The number of ether oxygens (including phenoxy) is 6. The molecule has 20 heteroatoms. The first-order chi connectivity index (χ1) is 36.2. The highest BCUT2D eigenvalue weighted by Crippen LogP contribution is 2.44. The van der Waals surface area contributed by atoms with E-state index < -0.39 is 74.9 Å². The molecule has 1 aliphatic heterocycles. The van der Waals surface area contributed by atoms with Crippen molar-refractivity contribution in [3.05, 3.63) is 131 Å². The summed E-state index contributed by atoms with van der Waals surface area (Å²) < 4.78 is 45.7. The molecule has 0 spiro atoms. The van der Waals surface area contributed by atoms with E-state index in [2.05, 4.69) is 71.2 Å². The first-order valence-electron chi connectivity index (χ1n) is 24.9. The second-order valence-electron chi connectivity index (χ2n) is 19.4. The van der Waals surface area contributed by atoms with Gasteiger partial charge >= 0.3 is 23.9 Å². The van der Waals surface area contributed by atoms with Crippen LogP contribution in [0.5, 0.6) is 0 Å². The van der Waals surface area contributed by atoms with Gasteiger partial charge in [-0.1, -0.05) is 112 Å². The third-order valence-corrected chi connectivity index (χ3v) is 18.1. The first kappa shape index (κ1) is 56.5. The van der Waals surface area contributed by atoms with E-state index in [4.69, 9.17) is 50.9 Å². The Balaban J connectivity index is 1.20. The van der Waals surface area contributed by atoms with E-state index in [1.165, 1.54) is 10.9 Å². The number of pyridine rings is 1. The number of carbonyl (C=O) groups is 4. The number of nitrogens with one attached hydrogen (secondary N) is 1. The number of esters is 4. The summed E-state index contributed by atoms with van der Waals surface area (Å²) in [6, 6.07) is 30.7. The highest BCUT2D eigenvalue weighted by molar-refractivity contribution is 6.99. The molecule has 1 aliphatic rings. The molecule has 6 aromatic rings. The van der Waals surface area contributed by atoms with E-state index in [0.717, 1.165) is 24.2 Å². The lowest BCUT2D eigenvalue weighted by Gasteiger charge is -2.43. The predicted octanol–water partition coefficient (Wildman–Crippen LogP) is 6.59. The van der Waals surface area contributed by atoms with Crippen molar-refractivity contribution in [1.82, 2.24) is 24.1 Å². The first-order valence-corrected chi connectivity index (χ1v) is 27.2. The van der Waals surface area contributed by atoms with Crippen molar-refractivity contribution in [2.45, 2.75) is 116 Å². The van der Waals surface area contributed by atoms with Gasteiger partial charge in [-0.25, -0.2) is 14.6 Å². The van der Waals surface area contributed by atoms with Crippen LogP contribution in [0.1, 0.15) is 74.1 Å². The summed E-state index contributed by atoms with van der Waals surface area (Å²) in [5.74, 6) is -1.15. The van der Waals surface area contributed by atoms with Gasteiger partial charge in [-0.15, -0.1) is 6.42 Å². The summed E-state index contributed by atoms with van der Waals surface area (Å²) in [5.41, 5.74) is -3.26. The van der Waals surface area contributed by atoms with Gasteiger partial charge in [-0.2, -0.15) is 9.97 Å². The number of anilines is 1. The van der Waals surface area contributed by atoms with Gasteiger partial charge in [0.15, 0.2) is 23.2 Å². The highest BCUT2D eigenvalue weighted by Gasteiger charge is 2.63. The third-order valence-electron chi connectivity index (χ3n) is 12.9. The molecule has 0 amide bonds. The highest BCUT2D eigenvalue weighted by atomic mass is 35.5. The normalized spacial score (nSPS) is 17.7. The Bertz CT molecular complexity index is 3080. The smallest absolute Gasteiger partial charge is 0.350 e. The molecule has 3 aromatic heterocycles. The quantitative estimate of drug-likeness (QED) is 0.0201. The number of hydrogen-bond acceptors (Lipinski definition) is 16. The lowest BCUT2D eigenvalue weighted by Crippen LogP contribution is -2.66. The fourth-order valence-electron chi connectivity index (χ4n) is 9.64. The van der Waals surface area contributed by atoms with Gasteiger partial charge in [-0.05, 0) is 78.0 Å². The van der Waals surface area contributed by atoms with Crippen LogP contribution in [0.2, 0.25) is 10.3 Å². The van der Waals surface area contributed by atoms with Gasteiger partial charge < -0.3 is 42.7 Å². The molecule has 4 heterocycles. The Morgan fingerprint density at radius 2 is 1.50 bits per heavy atom. The van der Waals surface area contributed by atoms with Crippen LogP contribution in [0.3, 0.4) is 0 Å². The summed E-state index contributed by atoms with van der Waals surface area (Å²) >= 11 is 6.39. The van der Waals surface area contributed by atoms with Crippen LogP contribution in [-0.4, -0.2) is 112 Å². The fourth-order valence-corrected chi connectivity index (χ4v) is 14.4. The number of terminal acetylenes is 1. The minimum Gasteiger partial charge on any atom is -0.463 e. The molecule has 4 atom stereocenters. The second-order valence-corrected chi connectivity index (χ2v) is 24.1. The Hall–Kier alpha value is -7.21. The SMILES string of the molecule is C#C[C@@]1(OC(C)=O)[C@@H](COC(Cc2ccc(-c3cccn(CCO[Si](c4ccccc4)(c4ccccc4)C(C)(C)C)c3=O)cc2)(C(=O)OCC)C(=O)OCC)O[C@@H](n2cnc3c(NC(C)C)nc(Cl)nc32)[C@@H]1OC(C)=O. The maximum absolute atomic E-state index is 14.3. The number of halogens is 1. The van der Waals surface area contributed by atoms with Crippen molar-refractivity contribution in [2.75, 3.05) is 31.7 Å². The van der Waals surface area contributed by atoms with Crippen LogP contribution in [0, 0.1) is 12.3 Å². The number of carbonyl (C=O) groups excluding carboxylic acids is 4. The fraction of sp³-hybridized carbons (Fsp3) is 0.393. The van der Waals surface area contributed by atoms with E-state index in [1.54, 1.807) is 61.0 Å². The standard InChI is InChI=1S/C56H63ClN6O12Si/c1-11-55(75-38(7)65)44(74-50(46(55)73-37(6)64)63-35-58-45-47(59-36(4)5)60-53(57)61-48(45)63)34-71-56(51(67)69-12-2,52(68)70-13-3)33-39-26-28-40(29-27-39)43-25-20-30-62(49(43)66)31-32-72-76(54(8,9)10,41-21-16-14-17-22-41)42-23-18-15-19-24-42/h1,14-30,35-36,44,46,50H,12-13,31-34H2,2-10H3,(H,59,60,61)/t44-,46+,50-,55-/m1/s1. The molecular formula is C56H63ClN6O12Si. The number of fused-ring (bicyclic) bond motifs is 1. The zero-order valence-electron chi connectivity index (χ0n) is 44.0. The number of rotatable bonds is 21. The molecule has 3 aromatic carbocycles. The van der Waals surface area contributed by atoms with Crippen molar-refractivity contribution in [3.8, 4) is 23.5 Å². The maximum Gasteiger partial charge on any atom is 0.350 e. The van der Waals surface area contributed by atoms with Crippen LogP contribution in [0.15, 0.2) is 114 Å². The zero-order valence-corrected chi connectivity index (χ0v) is 45.8. The van der Waals surface area contributed by atoms with Crippen LogP contribution in [0.4, 0.5) is 5.82 Å². The average molecular weight is 1080 g/mol. The number of benzene rings is 3. The molecule has 0 unspecified atom stereocenters. The number of imidazole rings is 1. The summed E-state index contributed by atoms with van der Waals surface area (Å²) in [6.07, 6.45) is 4.27. The second kappa shape index (κ2) is 23.8. The van der Waals surface area contributed by atoms with E-state index in [0.29, 0.717) is 22.5 Å². The van der Waals surface area contributed by atoms with Crippen molar-refractivity contribution in [1.29, 1.82) is 0 Å². The van der Waals surface area contributed by atoms with Gasteiger partial charge in [0.1, 0.15) is 6.10 Å². The molecular weight excluding hydrogens is 1010 g/mol. The molecule has 7 rings (SSSR count). The van der Waals surface area contributed by atoms with Crippen molar-refractivity contribution in [3.63, 3.8) is 0 Å². The number of nitrogens with zero attached hydrogens (tertiary/aromatic N) is 5. The largest absolute Gasteiger partial charge is 0.463 e. The molecule has 1 fully saturated rings.